The fourth-order valence-corrected chi connectivity index (χ4v) is 4.92. The van der Waals surface area contributed by atoms with Crippen LogP contribution in [0.4, 0.5) is 10.8 Å². The number of hydrogen-bond donors (Lipinski definition) is 2. The summed E-state index contributed by atoms with van der Waals surface area (Å²) in [4.78, 5) is 12.7. The molecule has 0 bridgehead atoms. The summed E-state index contributed by atoms with van der Waals surface area (Å²) in [5.41, 5.74) is 7.96. The van der Waals surface area contributed by atoms with Crippen molar-refractivity contribution in [1.29, 1.82) is 0 Å². The molecule has 0 spiro atoms. The van der Waals surface area contributed by atoms with E-state index in [1.165, 1.54) is 25.8 Å². The maximum absolute atomic E-state index is 6.09. The van der Waals surface area contributed by atoms with Gasteiger partial charge in [0.25, 0.3) is 0 Å². The van der Waals surface area contributed by atoms with Gasteiger partial charge in [-0.3, -0.25) is 0 Å². The van der Waals surface area contributed by atoms with Crippen molar-refractivity contribution in [2.75, 3.05) is 25.5 Å². The number of hydrogen-bond acceptors (Lipinski definition) is 6. The minimum absolute atomic E-state index is 0.558. The zero-order chi connectivity index (χ0) is 17.9. The fraction of sp³-hybridized carbons (Fsp3) is 0.368. The van der Waals surface area contributed by atoms with E-state index in [-0.39, 0.29) is 0 Å². The van der Waals surface area contributed by atoms with Crippen molar-refractivity contribution in [3.8, 4) is 0 Å². The summed E-state index contributed by atoms with van der Waals surface area (Å²) in [6.45, 7) is 2.19. The summed E-state index contributed by atoms with van der Waals surface area (Å²) >= 11 is 3.27. The average Bonchev–Trinajstić information content (AvgIpc) is 3.36. The molecule has 1 atom stereocenters. The molecule has 0 amide bonds. The van der Waals surface area contributed by atoms with Crippen molar-refractivity contribution >= 4 is 49.5 Å². The van der Waals surface area contributed by atoms with Crippen LogP contribution in [-0.2, 0) is 0 Å². The lowest BCUT2D eigenvalue weighted by Gasteiger charge is -2.18. The molecule has 0 radical (unpaired) electrons. The Labute approximate surface area is 161 Å². The van der Waals surface area contributed by atoms with Crippen LogP contribution in [0.2, 0.25) is 0 Å². The Morgan fingerprint density at radius 2 is 2.35 bits per heavy atom. The molecular formula is C19H23N5S2. The topological polar surface area (TPSA) is 66.5 Å². The van der Waals surface area contributed by atoms with Crippen molar-refractivity contribution < 1.29 is 0 Å². The van der Waals surface area contributed by atoms with Gasteiger partial charge in [-0.2, -0.15) is 0 Å². The number of nitrogens with zero attached hydrogens (tertiary/aromatic N) is 3. The van der Waals surface area contributed by atoms with Gasteiger partial charge in [0, 0.05) is 12.6 Å². The van der Waals surface area contributed by atoms with Crippen LogP contribution in [0.15, 0.2) is 40.7 Å². The van der Waals surface area contributed by atoms with Crippen LogP contribution >= 0.6 is 22.7 Å². The highest BCUT2D eigenvalue weighted by Crippen LogP contribution is 2.30. The van der Waals surface area contributed by atoms with Gasteiger partial charge in [-0.05, 0) is 62.5 Å². The standard InChI is InChI=1S/C19H23N5S2/c1-24-10-2-4-14(24)8-9-21-19-23-15-7-6-13(12-17(15)26-19)22-18(20)16-5-3-11-25-16/h3,5-7,11-12,14H,2,4,8-10H2,1H3,(H2,20,22)(H,21,23)/t14-/m1/s1. The highest BCUT2D eigenvalue weighted by molar-refractivity contribution is 7.22. The Morgan fingerprint density at radius 1 is 1.42 bits per heavy atom. The summed E-state index contributed by atoms with van der Waals surface area (Å²) in [7, 11) is 2.22. The number of fused-ring (bicyclic) bond motifs is 1. The zero-order valence-corrected chi connectivity index (χ0v) is 16.4. The normalized spacial score (nSPS) is 18.7. The van der Waals surface area contributed by atoms with Gasteiger partial charge < -0.3 is 16.0 Å². The lowest BCUT2D eigenvalue weighted by atomic mass is 10.1. The Morgan fingerprint density at radius 3 is 3.12 bits per heavy atom. The molecule has 1 aliphatic rings. The van der Waals surface area contributed by atoms with E-state index in [1.54, 1.807) is 22.7 Å². The Balaban J connectivity index is 1.43. The second-order valence-electron chi connectivity index (χ2n) is 6.64. The van der Waals surface area contributed by atoms with Gasteiger partial charge in [0.2, 0.25) is 0 Å². The average molecular weight is 386 g/mol. The van der Waals surface area contributed by atoms with E-state index in [4.69, 9.17) is 5.73 Å². The summed E-state index contributed by atoms with van der Waals surface area (Å²) in [5, 5.41) is 6.47. The maximum atomic E-state index is 6.09. The smallest absolute Gasteiger partial charge is 0.183 e. The van der Waals surface area contributed by atoms with Crippen LogP contribution in [-0.4, -0.2) is 41.9 Å². The van der Waals surface area contributed by atoms with Gasteiger partial charge in [0.15, 0.2) is 5.13 Å². The first-order chi connectivity index (χ1) is 12.7. The highest BCUT2D eigenvalue weighted by atomic mass is 32.1. The van der Waals surface area contributed by atoms with Gasteiger partial charge in [0.1, 0.15) is 5.84 Å². The number of thiazole rings is 1. The predicted octanol–water partition coefficient (Wildman–Crippen LogP) is 4.29. The fourth-order valence-electron chi connectivity index (χ4n) is 3.37. The van der Waals surface area contributed by atoms with E-state index in [0.29, 0.717) is 11.9 Å². The molecule has 3 heterocycles. The Hall–Kier alpha value is -1.96. The number of aromatic nitrogens is 1. The van der Waals surface area contributed by atoms with E-state index in [0.717, 1.165) is 32.5 Å². The SMILES string of the molecule is CN1CCC[C@@H]1CCNc1nc2ccc(N=C(N)c3cccs3)cc2s1. The van der Waals surface area contributed by atoms with Crippen molar-refractivity contribution in [2.24, 2.45) is 10.7 Å². The second-order valence-corrected chi connectivity index (χ2v) is 8.62. The number of anilines is 1. The number of amidine groups is 1. The van der Waals surface area contributed by atoms with Gasteiger partial charge >= 0.3 is 0 Å². The summed E-state index contributed by atoms with van der Waals surface area (Å²) in [5.74, 6) is 0.558. The molecule has 26 heavy (non-hydrogen) atoms. The third-order valence-electron chi connectivity index (χ3n) is 4.82. The number of nitrogens with two attached hydrogens (primary N) is 1. The van der Waals surface area contributed by atoms with Crippen LogP contribution in [0, 0.1) is 0 Å². The molecule has 5 nitrogen and oxygen atoms in total. The molecule has 136 valence electrons. The third kappa shape index (κ3) is 3.90. The van der Waals surface area contributed by atoms with Crippen LogP contribution in [0.1, 0.15) is 24.1 Å². The molecule has 3 aromatic rings. The number of likely N-dealkylation sites (tertiary alicyclic amines) is 1. The van der Waals surface area contributed by atoms with Gasteiger partial charge in [0.05, 0.1) is 20.8 Å². The molecule has 0 unspecified atom stereocenters. The van der Waals surface area contributed by atoms with E-state index < -0.39 is 0 Å². The van der Waals surface area contributed by atoms with E-state index in [1.807, 2.05) is 29.6 Å². The molecule has 7 heteroatoms. The number of aliphatic imine (C=N–C) groups is 1. The molecule has 0 saturated carbocycles. The highest BCUT2D eigenvalue weighted by Gasteiger charge is 2.20. The molecular weight excluding hydrogens is 362 g/mol. The second kappa shape index (κ2) is 7.73. The summed E-state index contributed by atoms with van der Waals surface area (Å²) < 4.78 is 1.13. The number of rotatable bonds is 6. The van der Waals surface area contributed by atoms with Crippen LogP contribution in [0.25, 0.3) is 10.2 Å². The summed E-state index contributed by atoms with van der Waals surface area (Å²) in [6.07, 6.45) is 3.80. The van der Waals surface area contributed by atoms with Gasteiger partial charge in [-0.25, -0.2) is 9.98 Å². The lowest BCUT2D eigenvalue weighted by molar-refractivity contribution is 0.301. The van der Waals surface area contributed by atoms with E-state index in [2.05, 4.69) is 33.3 Å². The molecule has 3 N–H and O–H groups in total. The zero-order valence-electron chi connectivity index (χ0n) is 14.8. The minimum atomic E-state index is 0.558. The quantitative estimate of drug-likeness (QED) is 0.491. The Kier molecular flexibility index (Phi) is 5.19. The Bertz CT molecular complexity index is 900. The monoisotopic (exact) mass is 385 g/mol. The third-order valence-corrected chi connectivity index (χ3v) is 6.69. The number of nitrogens with one attached hydrogen (secondary N) is 1. The molecule has 2 aromatic heterocycles. The first-order valence-corrected chi connectivity index (χ1v) is 10.6. The summed E-state index contributed by atoms with van der Waals surface area (Å²) in [6, 6.07) is 10.7. The van der Waals surface area contributed by atoms with Crippen LogP contribution in [0.3, 0.4) is 0 Å². The number of benzene rings is 1. The molecule has 4 rings (SSSR count). The van der Waals surface area contributed by atoms with Crippen LogP contribution < -0.4 is 11.1 Å². The first-order valence-electron chi connectivity index (χ1n) is 8.92. The molecule has 1 fully saturated rings. The molecule has 1 aromatic carbocycles. The van der Waals surface area contributed by atoms with Gasteiger partial charge in [-0.1, -0.05) is 17.4 Å². The molecule has 1 saturated heterocycles. The van der Waals surface area contributed by atoms with Crippen LogP contribution in [0.5, 0.6) is 0 Å². The van der Waals surface area contributed by atoms with Crippen molar-refractivity contribution in [1.82, 2.24) is 9.88 Å². The first kappa shape index (κ1) is 17.5. The maximum Gasteiger partial charge on any atom is 0.183 e. The number of thiophene rings is 1. The molecule has 1 aliphatic heterocycles. The van der Waals surface area contributed by atoms with Crippen molar-refractivity contribution in [3.05, 3.63) is 40.6 Å². The molecule has 0 aliphatic carbocycles. The predicted molar refractivity (Wildman–Crippen MR) is 113 cm³/mol. The largest absolute Gasteiger partial charge is 0.383 e. The van der Waals surface area contributed by atoms with E-state index >= 15 is 0 Å². The van der Waals surface area contributed by atoms with Crippen molar-refractivity contribution in [3.63, 3.8) is 0 Å². The van der Waals surface area contributed by atoms with Crippen molar-refractivity contribution in [2.45, 2.75) is 25.3 Å². The van der Waals surface area contributed by atoms with E-state index in [9.17, 15) is 0 Å². The minimum Gasteiger partial charge on any atom is -0.383 e. The van der Waals surface area contributed by atoms with Gasteiger partial charge in [-0.15, -0.1) is 11.3 Å². The lowest BCUT2D eigenvalue weighted by Crippen LogP contribution is -2.26.